The highest BCUT2D eigenvalue weighted by atomic mass is 16.7. The quantitative estimate of drug-likeness (QED) is 0.603. The molecule has 0 atom stereocenters. The summed E-state index contributed by atoms with van der Waals surface area (Å²) in [6.07, 6.45) is 2.50. The number of carbonyl (C=O) groups excluding carboxylic acids is 1. The molecule has 0 aromatic rings. The van der Waals surface area contributed by atoms with Gasteiger partial charge in [0.05, 0.1) is 0 Å². The zero-order chi connectivity index (χ0) is 10.0. The lowest BCUT2D eigenvalue weighted by Gasteiger charge is -2.30. The Hall–Kier alpha value is -1.10. The Morgan fingerprint density at radius 1 is 1.57 bits per heavy atom. The summed E-state index contributed by atoms with van der Waals surface area (Å²) in [6, 6.07) is 0. The summed E-state index contributed by atoms with van der Waals surface area (Å²) in [5.74, 6) is -0.125. The van der Waals surface area contributed by atoms with E-state index in [4.69, 9.17) is 4.84 Å². The number of nitrogens with zero attached hydrogens (tertiary/aromatic N) is 1. The monoisotopic (exact) mass is 197 g/mol. The smallest absolute Gasteiger partial charge is 0.268 e. The van der Waals surface area contributed by atoms with Crippen LogP contribution in [0.1, 0.15) is 19.3 Å². The van der Waals surface area contributed by atoms with Gasteiger partial charge in [0.1, 0.15) is 11.3 Å². The van der Waals surface area contributed by atoms with Gasteiger partial charge in [-0.15, -0.1) is 0 Å². The number of hydrogen-bond donors (Lipinski definition) is 2. The highest BCUT2D eigenvalue weighted by Gasteiger charge is 2.41. The lowest BCUT2D eigenvalue weighted by molar-refractivity contribution is -0.114. The molecule has 2 rings (SSSR count). The summed E-state index contributed by atoms with van der Waals surface area (Å²) in [6.45, 7) is 1.88. The van der Waals surface area contributed by atoms with Gasteiger partial charge in [0, 0.05) is 26.3 Å². The molecular formula is C9H15N3O2. The number of hydrogen-bond acceptors (Lipinski definition) is 4. The number of rotatable bonds is 1. The number of carbonyl (C=O) groups is 1. The van der Waals surface area contributed by atoms with Crippen LogP contribution >= 0.6 is 0 Å². The second-order valence-corrected chi connectivity index (χ2v) is 3.82. The van der Waals surface area contributed by atoms with Gasteiger partial charge in [0.2, 0.25) is 0 Å². The molecule has 2 aliphatic heterocycles. The largest absolute Gasteiger partial charge is 0.388 e. The minimum absolute atomic E-state index is 0.125. The molecule has 2 N–H and O–H groups in total. The molecule has 1 spiro atoms. The molecule has 5 nitrogen and oxygen atoms in total. The molecular weight excluding hydrogens is 182 g/mol. The Morgan fingerprint density at radius 3 is 2.93 bits per heavy atom. The van der Waals surface area contributed by atoms with E-state index in [0.717, 1.165) is 25.9 Å². The molecule has 1 amide bonds. The van der Waals surface area contributed by atoms with Gasteiger partial charge >= 0.3 is 0 Å². The SMILES string of the molecule is CNC(=O)C1=NOC2(CCNCC2)C1. The Bertz CT molecular complexity index is 269. The highest BCUT2D eigenvalue weighted by molar-refractivity contribution is 6.39. The fraction of sp³-hybridized carbons (Fsp3) is 0.778. The third-order valence-electron chi connectivity index (χ3n) is 2.84. The molecule has 0 aromatic carbocycles. The van der Waals surface area contributed by atoms with Gasteiger partial charge in [0.25, 0.3) is 5.91 Å². The van der Waals surface area contributed by atoms with E-state index in [0.29, 0.717) is 12.1 Å². The van der Waals surface area contributed by atoms with Gasteiger partial charge in [-0.1, -0.05) is 5.16 Å². The van der Waals surface area contributed by atoms with Crippen molar-refractivity contribution in [2.45, 2.75) is 24.9 Å². The molecule has 2 heterocycles. The average molecular weight is 197 g/mol. The number of nitrogens with one attached hydrogen (secondary N) is 2. The minimum atomic E-state index is -0.201. The zero-order valence-corrected chi connectivity index (χ0v) is 8.30. The van der Waals surface area contributed by atoms with Gasteiger partial charge < -0.3 is 15.5 Å². The van der Waals surface area contributed by atoms with Crippen LogP contribution in [0.2, 0.25) is 0 Å². The first-order chi connectivity index (χ1) is 6.76. The summed E-state index contributed by atoms with van der Waals surface area (Å²) in [7, 11) is 1.61. The maximum atomic E-state index is 11.3. The van der Waals surface area contributed by atoms with E-state index in [1.165, 1.54) is 0 Å². The summed E-state index contributed by atoms with van der Waals surface area (Å²) in [5, 5.41) is 9.69. The Kier molecular flexibility index (Phi) is 2.41. The van der Waals surface area contributed by atoms with E-state index in [-0.39, 0.29) is 11.5 Å². The molecule has 1 fully saturated rings. The average Bonchev–Trinajstić information content (AvgIpc) is 2.62. The maximum absolute atomic E-state index is 11.3. The van der Waals surface area contributed by atoms with Crippen LogP contribution < -0.4 is 10.6 Å². The van der Waals surface area contributed by atoms with E-state index in [9.17, 15) is 4.79 Å². The predicted octanol–water partition coefficient (Wildman–Crippen LogP) is -0.369. The summed E-state index contributed by atoms with van der Waals surface area (Å²) >= 11 is 0. The molecule has 0 aromatic heterocycles. The summed E-state index contributed by atoms with van der Waals surface area (Å²) in [4.78, 5) is 16.7. The maximum Gasteiger partial charge on any atom is 0.268 e. The Morgan fingerprint density at radius 2 is 2.29 bits per heavy atom. The van der Waals surface area contributed by atoms with Crippen molar-refractivity contribution in [3.8, 4) is 0 Å². The minimum Gasteiger partial charge on any atom is -0.388 e. The fourth-order valence-corrected chi connectivity index (χ4v) is 1.94. The van der Waals surface area contributed by atoms with Crippen molar-refractivity contribution in [1.82, 2.24) is 10.6 Å². The van der Waals surface area contributed by atoms with Crippen molar-refractivity contribution in [2.75, 3.05) is 20.1 Å². The zero-order valence-electron chi connectivity index (χ0n) is 8.30. The third kappa shape index (κ3) is 1.59. The Balaban J connectivity index is 1.99. The lowest BCUT2D eigenvalue weighted by atomic mass is 9.87. The van der Waals surface area contributed by atoms with Crippen LogP contribution in [-0.4, -0.2) is 37.4 Å². The molecule has 0 saturated carbocycles. The predicted molar refractivity (Wildman–Crippen MR) is 52.0 cm³/mol. The number of oxime groups is 1. The van der Waals surface area contributed by atoms with Crippen molar-refractivity contribution in [2.24, 2.45) is 5.16 Å². The second kappa shape index (κ2) is 3.57. The van der Waals surface area contributed by atoms with Crippen LogP contribution in [0.3, 0.4) is 0 Å². The van der Waals surface area contributed by atoms with Crippen LogP contribution in [0.15, 0.2) is 5.16 Å². The van der Waals surface area contributed by atoms with Crippen LogP contribution in [0, 0.1) is 0 Å². The first-order valence-electron chi connectivity index (χ1n) is 4.94. The van der Waals surface area contributed by atoms with Gasteiger partial charge in [0.15, 0.2) is 0 Å². The van der Waals surface area contributed by atoms with Gasteiger partial charge in [-0.25, -0.2) is 0 Å². The van der Waals surface area contributed by atoms with Crippen LogP contribution in [0.4, 0.5) is 0 Å². The van der Waals surface area contributed by atoms with E-state index in [1.807, 2.05) is 0 Å². The fourth-order valence-electron chi connectivity index (χ4n) is 1.94. The molecule has 5 heteroatoms. The molecule has 78 valence electrons. The third-order valence-corrected chi connectivity index (χ3v) is 2.84. The molecule has 1 saturated heterocycles. The van der Waals surface area contributed by atoms with E-state index in [1.54, 1.807) is 7.05 Å². The van der Waals surface area contributed by atoms with Gasteiger partial charge in [-0.2, -0.15) is 0 Å². The van der Waals surface area contributed by atoms with Crippen molar-refractivity contribution < 1.29 is 9.63 Å². The van der Waals surface area contributed by atoms with Crippen molar-refractivity contribution in [1.29, 1.82) is 0 Å². The second-order valence-electron chi connectivity index (χ2n) is 3.82. The Labute approximate surface area is 82.9 Å². The van der Waals surface area contributed by atoms with E-state index in [2.05, 4.69) is 15.8 Å². The van der Waals surface area contributed by atoms with Crippen molar-refractivity contribution in [3.05, 3.63) is 0 Å². The summed E-state index contributed by atoms with van der Waals surface area (Å²) in [5.41, 5.74) is 0.321. The highest BCUT2D eigenvalue weighted by Crippen LogP contribution is 2.32. The lowest BCUT2D eigenvalue weighted by Crippen LogP contribution is -2.43. The van der Waals surface area contributed by atoms with Gasteiger partial charge in [-0.05, 0) is 13.1 Å². The van der Waals surface area contributed by atoms with Crippen LogP contribution in [-0.2, 0) is 9.63 Å². The van der Waals surface area contributed by atoms with Crippen molar-refractivity contribution >= 4 is 11.6 Å². The summed E-state index contributed by atoms with van der Waals surface area (Å²) < 4.78 is 0. The van der Waals surface area contributed by atoms with Crippen molar-refractivity contribution in [3.63, 3.8) is 0 Å². The van der Waals surface area contributed by atoms with Crippen LogP contribution in [0.25, 0.3) is 0 Å². The molecule has 0 bridgehead atoms. The molecule has 14 heavy (non-hydrogen) atoms. The topological polar surface area (TPSA) is 62.7 Å². The van der Waals surface area contributed by atoms with Crippen LogP contribution in [0.5, 0.6) is 0 Å². The molecule has 2 aliphatic rings. The first kappa shape index (κ1) is 9.45. The van der Waals surface area contributed by atoms with E-state index < -0.39 is 0 Å². The molecule has 0 aliphatic carbocycles. The normalized spacial score (nSPS) is 24.2. The molecule has 0 unspecified atom stereocenters. The van der Waals surface area contributed by atoms with Gasteiger partial charge in [-0.3, -0.25) is 4.79 Å². The number of amides is 1. The molecule has 0 radical (unpaired) electrons. The first-order valence-corrected chi connectivity index (χ1v) is 4.94. The standard InChI is InChI=1S/C9H15N3O2/c1-10-8(13)7-6-9(14-12-7)2-4-11-5-3-9/h11H,2-6H2,1H3,(H,10,13). The number of piperidine rings is 1. The van der Waals surface area contributed by atoms with E-state index >= 15 is 0 Å².